The Morgan fingerprint density at radius 1 is 1.07 bits per heavy atom. The van der Waals surface area contributed by atoms with Crippen LogP contribution < -0.4 is 10.6 Å². The SMILES string of the molecule is O=C(Nc1snnc1C(=O)Nc1cccc(Cl)c1)c1cncc(C(F)(F)F)c1. The largest absolute Gasteiger partial charge is 0.417 e. The molecule has 7 nitrogen and oxygen atoms in total. The first-order valence-electron chi connectivity index (χ1n) is 7.47. The molecule has 28 heavy (non-hydrogen) atoms. The van der Waals surface area contributed by atoms with Crippen molar-refractivity contribution in [1.29, 1.82) is 0 Å². The van der Waals surface area contributed by atoms with Gasteiger partial charge in [0, 0.05) is 34.6 Å². The lowest BCUT2D eigenvalue weighted by atomic mass is 10.2. The van der Waals surface area contributed by atoms with Crippen LogP contribution in [0.25, 0.3) is 0 Å². The molecule has 1 aromatic carbocycles. The van der Waals surface area contributed by atoms with Crippen LogP contribution in [-0.2, 0) is 6.18 Å². The van der Waals surface area contributed by atoms with E-state index >= 15 is 0 Å². The molecule has 0 radical (unpaired) electrons. The van der Waals surface area contributed by atoms with Crippen molar-refractivity contribution in [2.45, 2.75) is 6.18 Å². The highest BCUT2D eigenvalue weighted by molar-refractivity contribution is 7.10. The molecule has 0 saturated heterocycles. The van der Waals surface area contributed by atoms with Gasteiger partial charge in [-0.15, -0.1) is 5.10 Å². The van der Waals surface area contributed by atoms with Crippen molar-refractivity contribution in [3.8, 4) is 0 Å². The van der Waals surface area contributed by atoms with Gasteiger partial charge in [0.15, 0.2) is 5.69 Å². The van der Waals surface area contributed by atoms with Gasteiger partial charge in [-0.2, -0.15) is 13.2 Å². The summed E-state index contributed by atoms with van der Waals surface area (Å²) >= 11 is 6.55. The summed E-state index contributed by atoms with van der Waals surface area (Å²) in [5.41, 5.74) is -1.20. The standard InChI is InChI=1S/C16H9ClF3N5O2S/c17-10-2-1-3-11(5-10)22-14(27)12-15(28-25-24-12)23-13(26)8-4-9(7-21-6-8)16(18,19)20/h1-7H,(H,22,27)(H,23,26). The second-order valence-electron chi connectivity index (χ2n) is 5.33. The monoisotopic (exact) mass is 427 g/mol. The van der Waals surface area contributed by atoms with Crippen molar-refractivity contribution in [3.05, 3.63) is 64.6 Å². The molecule has 0 unspecified atom stereocenters. The number of carbonyl (C=O) groups is 2. The number of rotatable bonds is 4. The zero-order valence-electron chi connectivity index (χ0n) is 13.6. The minimum absolute atomic E-state index is 0.0260. The maximum Gasteiger partial charge on any atom is 0.417 e. The molecule has 3 aromatic rings. The lowest BCUT2D eigenvalue weighted by molar-refractivity contribution is -0.137. The lowest BCUT2D eigenvalue weighted by Gasteiger charge is -2.08. The molecule has 144 valence electrons. The number of pyridine rings is 1. The summed E-state index contributed by atoms with van der Waals surface area (Å²) in [5.74, 6) is -1.56. The molecule has 0 saturated carbocycles. The second-order valence-corrected chi connectivity index (χ2v) is 6.52. The third-order valence-corrected chi connectivity index (χ3v) is 4.22. The number of alkyl halides is 3. The molecule has 0 fully saturated rings. The Hall–Kier alpha value is -3.05. The van der Waals surface area contributed by atoms with Gasteiger partial charge in [-0.1, -0.05) is 22.2 Å². The Morgan fingerprint density at radius 3 is 2.57 bits per heavy atom. The smallest absolute Gasteiger partial charge is 0.320 e. The summed E-state index contributed by atoms with van der Waals surface area (Å²) in [7, 11) is 0. The van der Waals surface area contributed by atoms with Crippen LogP contribution in [0.1, 0.15) is 26.4 Å². The first kappa shape index (κ1) is 19.7. The van der Waals surface area contributed by atoms with Gasteiger partial charge in [0.1, 0.15) is 5.00 Å². The van der Waals surface area contributed by atoms with Crippen molar-refractivity contribution in [3.63, 3.8) is 0 Å². The van der Waals surface area contributed by atoms with E-state index in [1.165, 1.54) is 6.07 Å². The zero-order valence-corrected chi connectivity index (χ0v) is 15.2. The number of aromatic nitrogens is 3. The molecule has 0 aliphatic heterocycles. The van der Waals surface area contributed by atoms with Crippen LogP contribution >= 0.6 is 23.1 Å². The fourth-order valence-corrected chi connectivity index (χ4v) is 2.82. The molecule has 12 heteroatoms. The van der Waals surface area contributed by atoms with Crippen molar-refractivity contribution >= 4 is 45.6 Å². The van der Waals surface area contributed by atoms with Crippen LogP contribution in [0.15, 0.2) is 42.7 Å². The molecule has 2 amide bonds. The van der Waals surface area contributed by atoms with E-state index in [1.807, 2.05) is 0 Å². The van der Waals surface area contributed by atoms with Crippen molar-refractivity contribution in [2.75, 3.05) is 10.6 Å². The minimum atomic E-state index is -4.64. The maximum absolute atomic E-state index is 12.8. The Labute approximate surface area is 164 Å². The Kier molecular flexibility index (Phi) is 5.56. The third-order valence-electron chi connectivity index (χ3n) is 3.34. The highest BCUT2D eigenvalue weighted by Crippen LogP contribution is 2.29. The fourth-order valence-electron chi connectivity index (χ4n) is 2.07. The summed E-state index contributed by atoms with van der Waals surface area (Å²) < 4.78 is 41.9. The number of benzene rings is 1. The van der Waals surface area contributed by atoms with Gasteiger partial charge < -0.3 is 10.6 Å². The average molecular weight is 428 g/mol. The van der Waals surface area contributed by atoms with Crippen molar-refractivity contribution in [2.24, 2.45) is 0 Å². The van der Waals surface area contributed by atoms with Crippen LogP contribution in [0, 0.1) is 0 Å². The van der Waals surface area contributed by atoms with E-state index in [0.717, 1.165) is 6.20 Å². The van der Waals surface area contributed by atoms with E-state index in [-0.39, 0.29) is 16.3 Å². The van der Waals surface area contributed by atoms with Gasteiger partial charge in [-0.05, 0) is 24.3 Å². The Balaban J connectivity index is 1.77. The molecule has 0 aliphatic carbocycles. The quantitative estimate of drug-likeness (QED) is 0.653. The molecular weight excluding hydrogens is 419 g/mol. The van der Waals surface area contributed by atoms with E-state index in [0.29, 0.717) is 34.5 Å². The molecule has 0 spiro atoms. The molecular formula is C16H9ClF3N5O2S. The van der Waals surface area contributed by atoms with Gasteiger partial charge in [0.05, 0.1) is 11.1 Å². The molecule has 2 heterocycles. The number of halogens is 4. The van der Waals surface area contributed by atoms with Gasteiger partial charge in [0.2, 0.25) is 0 Å². The van der Waals surface area contributed by atoms with Gasteiger partial charge >= 0.3 is 6.18 Å². The van der Waals surface area contributed by atoms with Crippen LogP contribution in [0.2, 0.25) is 5.02 Å². The number of carbonyl (C=O) groups excluding carboxylic acids is 2. The second kappa shape index (κ2) is 7.90. The first-order chi connectivity index (χ1) is 13.2. The summed E-state index contributed by atoms with van der Waals surface area (Å²) in [6, 6.07) is 7.00. The number of hydrogen-bond acceptors (Lipinski definition) is 6. The van der Waals surface area contributed by atoms with Gasteiger partial charge in [0.25, 0.3) is 11.8 Å². The highest BCUT2D eigenvalue weighted by atomic mass is 35.5. The van der Waals surface area contributed by atoms with E-state index in [9.17, 15) is 22.8 Å². The first-order valence-corrected chi connectivity index (χ1v) is 8.62. The van der Waals surface area contributed by atoms with E-state index in [2.05, 4.69) is 25.2 Å². The van der Waals surface area contributed by atoms with Gasteiger partial charge in [-0.25, -0.2) is 0 Å². The predicted molar refractivity (Wildman–Crippen MR) is 96.5 cm³/mol. The highest BCUT2D eigenvalue weighted by Gasteiger charge is 2.31. The zero-order chi connectivity index (χ0) is 20.3. The fraction of sp³-hybridized carbons (Fsp3) is 0.0625. The average Bonchev–Trinajstić information content (AvgIpc) is 3.09. The summed E-state index contributed by atoms with van der Waals surface area (Å²) in [6.07, 6.45) is -3.06. The maximum atomic E-state index is 12.8. The van der Waals surface area contributed by atoms with E-state index in [1.54, 1.807) is 18.2 Å². The van der Waals surface area contributed by atoms with Crippen LogP contribution in [-0.4, -0.2) is 26.4 Å². The number of amides is 2. The van der Waals surface area contributed by atoms with Crippen molar-refractivity contribution in [1.82, 2.24) is 14.6 Å². The molecule has 0 aliphatic rings. The summed E-state index contributed by atoms with van der Waals surface area (Å²) in [6.45, 7) is 0. The lowest BCUT2D eigenvalue weighted by Crippen LogP contribution is -2.18. The number of nitrogens with one attached hydrogen (secondary N) is 2. The summed E-state index contributed by atoms with van der Waals surface area (Å²) in [4.78, 5) is 28.0. The molecule has 2 N–H and O–H groups in total. The summed E-state index contributed by atoms with van der Waals surface area (Å²) in [5, 5.41) is 8.89. The number of nitrogens with zero attached hydrogens (tertiary/aromatic N) is 3. The van der Waals surface area contributed by atoms with E-state index < -0.39 is 23.6 Å². The third kappa shape index (κ3) is 4.61. The predicted octanol–water partition coefficient (Wildman–Crippen LogP) is 4.11. The minimum Gasteiger partial charge on any atom is -0.320 e. The number of hydrogen-bond donors (Lipinski definition) is 2. The van der Waals surface area contributed by atoms with Crippen molar-refractivity contribution < 1.29 is 22.8 Å². The molecule has 0 bridgehead atoms. The van der Waals surface area contributed by atoms with Crippen LogP contribution in [0.4, 0.5) is 23.9 Å². The van der Waals surface area contributed by atoms with Crippen LogP contribution in [0.5, 0.6) is 0 Å². The van der Waals surface area contributed by atoms with Crippen LogP contribution in [0.3, 0.4) is 0 Å². The Morgan fingerprint density at radius 2 is 1.86 bits per heavy atom. The normalized spacial score (nSPS) is 11.1. The van der Waals surface area contributed by atoms with E-state index in [4.69, 9.17) is 11.6 Å². The van der Waals surface area contributed by atoms with Gasteiger partial charge in [-0.3, -0.25) is 14.6 Å². The number of anilines is 2. The molecule has 0 atom stereocenters. The Bertz CT molecular complexity index is 1040. The molecule has 3 rings (SSSR count). The molecule has 2 aromatic heterocycles. The topological polar surface area (TPSA) is 96.9 Å².